The summed E-state index contributed by atoms with van der Waals surface area (Å²) in [6.45, 7) is 3.28. The normalized spacial score (nSPS) is 18.0. The van der Waals surface area contributed by atoms with Crippen LogP contribution in [0.5, 0.6) is 0 Å². The molecule has 1 fully saturated rings. The van der Waals surface area contributed by atoms with E-state index >= 15 is 0 Å². The molecule has 1 aliphatic rings. The minimum absolute atomic E-state index is 0.126. The smallest absolute Gasteiger partial charge is 0.193 e. The van der Waals surface area contributed by atoms with Crippen molar-refractivity contribution in [3.05, 3.63) is 21.6 Å². The van der Waals surface area contributed by atoms with Crippen LogP contribution in [0.15, 0.2) is 6.07 Å². The van der Waals surface area contributed by atoms with Gasteiger partial charge in [-0.05, 0) is 12.5 Å². The Morgan fingerprint density at radius 1 is 1.33 bits per heavy atom. The van der Waals surface area contributed by atoms with E-state index < -0.39 is 0 Å². The van der Waals surface area contributed by atoms with Gasteiger partial charge in [0.25, 0.3) is 0 Å². The third-order valence-electron chi connectivity index (χ3n) is 2.43. The molecule has 0 amide bonds. The van der Waals surface area contributed by atoms with E-state index in [1.54, 1.807) is 17.4 Å². The van der Waals surface area contributed by atoms with Crippen molar-refractivity contribution in [1.29, 1.82) is 0 Å². The van der Waals surface area contributed by atoms with Gasteiger partial charge < -0.3 is 9.47 Å². The number of hydrogen-bond acceptors (Lipinski definition) is 4. The molecule has 0 aromatic carbocycles. The first-order chi connectivity index (χ1) is 7.25. The molecule has 15 heavy (non-hydrogen) atoms. The largest absolute Gasteiger partial charge is 0.345 e. The highest BCUT2D eigenvalue weighted by Crippen LogP contribution is 2.41. The molecule has 5 heteroatoms. The topological polar surface area (TPSA) is 18.5 Å². The first kappa shape index (κ1) is 9.72. The molecular formula is C10H9FO2S2. The first-order valence-electron chi connectivity index (χ1n) is 4.67. The van der Waals surface area contributed by atoms with E-state index in [0.29, 0.717) is 13.2 Å². The molecule has 0 atom stereocenters. The highest BCUT2D eigenvalue weighted by molar-refractivity contribution is 7.27. The van der Waals surface area contributed by atoms with Crippen LogP contribution in [0.3, 0.4) is 0 Å². The van der Waals surface area contributed by atoms with Gasteiger partial charge in [0.05, 0.1) is 22.8 Å². The Morgan fingerprint density at radius 3 is 2.73 bits per heavy atom. The van der Waals surface area contributed by atoms with Crippen LogP contribution in [-0.2, 0) is 9.47 Å². The summed E-state index contributed by atoms with van der Waals surface area (Å²) >= 11 is 2.75. The maximum Gasteiger partial charge on any atom is 0.193 e. The van der Waals surface area contributed by atoms with E-state index in [1.165, 1.54) is 11.3 Å². The van der Waals surface area contributed by atoms with E-state index in [0.717, 1.165) is 19.8 Å². The van der Waals surface area contributed by atoms with Crippen LogP contribution in [0.4, 0.5) is 4.39 Å². The van der Waals surface area contributed by atoms with Crippen molar-refractivity contribution < 1.29 is 13.9 Å². The van der Waals surface area contributed by atoms with Gasteiger partial charge in [-0.2, -0.15) is 4.39 Å². The predicted octanol–water partition coefficient (Wildman–Crippen LogP) is 3.46. The fraction of sp³-hybridized carbons (Fsp3) is 0.400. The molecule has 0 spiro atoms. The van der Waals surface area contributed by atoms with Gasteiger partial charge in [-0.1, -0.05) is 0 Å². The molecule has 0 radical (unpaired) electrons. The molecule has 0 saturated carbocycles. The van der Waals surface area contributed by atoms with E-state index in [9.17, 15) is 4.39 Å². The minimum atomic E-state index is -0.238. The Morgan fingerprint density at radius 2 is 2.07 bits per heavy atom. The number of aryl methyl sites for hydroxylation is 1. The lowest BCUT2D eigenvalue weighted by molar-refractivity contribution is -0.0416. The zero-order chi connectivity index (χ0) is 10.4. The number of halogens is 1. The van der Waals surface area contributed by atoms with Crippen molar-refractivity contribution >= 4 is 32.1 Å². The highest BCUT2D eigenvalue weighted by atomic mass is 32.1. The molecule has 80 valence electrons. The van der Waals surface area contributed by atoms with Gasteiger partial charge in [0.2, 0.25) is 0 Å². The summed E-state index contributed by atoms with van der Waals surface area (Å²) in [5.41, 5.74) is 1.09. The molecule has 2 aromatic rings. The second-order valence-corrected chi connectivity index (χ2v) is 5.49. The van der Waals surface area contributed by atoms with Crippen molar-refractivity contribution in [2.24, 2.45) is 0 Å². The Hall–Kier alpha value is -0.490. The van der Waals surface area contributed by atoms with Crippen molar-refractivity contribution in [1.82, 2.24) is 0 Å². The highest BCUT2D eigenvalue weighted by Gasteiger charge is 2.24. The van der Waals surface area contributed by atoms with Crippen LogP contribution in [0.1, 0.15) is 16.7 Å². The summed E-state index contributed by atoms with van der Waals surface area (Å²) in [7, 11) is 0. The molecule has 2 aromatic heterocycles. The van der Waals surface area contributed by atoms with Crippen LogP contribution in [-0.4, -0.2) is 13.2 Å². The molecule has 0 N–H and O–H groups in total. The summed E-state index contributed by atoms with van der Waals surface area (Å²) < 4.78 is 25.9. The number of rotatable bonds is 1. The van der Waals surface area contributed by atoms with Gasteiger partial charge in [-0.3, -0.25) is 0 Å². The summed E-state index contributed by atoms with van der Waals surface area (Å²) in [5, 5.41) is -0.126. The maximum atomic E-state index is 13.0. The predicted molar refractivity (Wildman–Crippen MR) is 59.0 cm³/mol. The molecule has 0 bridgehead atoms. The first-order valence-corrected chi connectivity index (χ1v) is 6.30. The Bertz CT molecular complexity index is 497. The number of ether oxygens (including phenoxy) is 2. The minimum Gasteiger partial charge on any atom is -0.345 e. The molecule has 3 rings (SSSR count). The SMILES string of the molecule is Cc1c(C2OCCO2)sc2cc(F)sc12. The van der Waals surface area contributed by atoms with Crippen molar-refractivity contribution in [2.75, 3.05) is 13.2 Å². The third kappa shape index (κ3) is 1.50. The third-order valence-corrected chi connectivity index (χ3v) is 4.87. The second kappa shape index (κ2) is 3.52. The standard InChI is InChI=1S/C10H9FO2S2/c1-5-8-6(4-7(11)15-8)14-9(5)10-12-2-3-13-10/h4,10H,2-3H2,1H3. The average Bonchev–Trinajstić information content (AvgIpc) is 2.84. The van der Waals surface area contributed by atoms with Crippen molar-refractivity contribution in [3.8, 4) is 0 Å². The maximum absolute atomic E-state index is 13.0. The van der Waals surface area contributed by atoms with Gasteiger partial charge >= 0.3 is 0 Å². The lowest BCUT2D eigenvalue weighted by Crippen LogP contribution is -1.96. The van der Waals surface area contributed by atoms with Gasteiger partial charge in [-0.15, -0.1) is 22.7 Å². The van der Waals surface area contributed by atoms with Crippen LogP contribution in [0, 0.1) is 12.1 Å². The quantitative estimate of drug-likeness (QED) is 0.765. The van der Waals surface area contributed by atoms with Crippen molar-refractivity contribution in [2.45, 2.75) is 13.2 Å². The fourth-order valence-electron chi connectivity index (χ4n) is 1.72. The monoisotopic (exact) mass is 244 g/mol. The summed E-state index contributed by atoms with van der Waals surface area (Å²) in [6, 6.07) is 1.58. The fourth-order valence-corrected chi connectivity index (χ4v) is 4.04. The Kier molecular flexibility index (Phi) is 2.28. The van der Waals surface area contributed by atoms with E-state index in [1.807, 2.05) is 6.92 Å². The number of thiophene rings is 2. The lowest BCUT2D eigenvalue weighted by atomic mass is 10.3. The van der Waals surface area contributed by atoms with Gasteiger partial charge in [0, 0.05) is 10.8 Å². The zero-order valence-corrected chi connectivity index (χ0v) is 9.71. The number of fused-ring (bicyclic) bond motifs is 1. The molecule has 0 aliphatic carbocycles. The molecule has 1 aliphatic heterocycles. The van der Waals surface area contributed by atoms with Crippen LogP contribution in [0.25, 0.3) is 9.40 Å². The van der Waals surface area contributed by atoms with E-state index in [4.69, 9.17) is 9.47 Å². The van der Waals surface area contributed by atoms with E-state index in [-0.39, 0.29) is 11.4 Å². The van der Waals surface area contributed by atoms with Gasteiger partial charge in [-0.25, -0.2) is 0 Å². The number of hydrogen-bond donors (Lipinski definition) is 0. The summed E-state index contributed by atoms with van der Waals surface area (Å²) in [4.78, 5) is 1.08. The lowest BCUT2D eigenvalue weighted by Gasteiger charge is -2.06. The van der Waals surface area contributed by atoms with Crippen LogP contribution in [0.2, 0.25) is 0 Å². The molecule has 0 unspecified atom stereocenters. The van der Waals surface area contributed by atoms with E-state index in [2.05, 4.69) is 0 Å². The average molecular weight is 244 g/mol. The molecular weight excluding hydrogens is 235 g/mol. The summed E-state index contributed by atoms with van der Waals surface area (Å²) in [5.74, 6) is 0. The van der Waals surface area contributed by atoms with Crippen LogP contribution < -0.4 is 0 Å². The van der Waals surface area contributed by atoms with Gasteiger partial charge in [0.1, 0.15) is 0 Å². The molecule has 1 saturated heterocycles. The van der Waals surface area contributed by atoms with Gasteiger partial charge in [0.15, 0.2) is 11.4 Å². The Labute approximate surface area is 94.2 Å². The van der Waals surface area contributed by atoms with Crippen LogP contribution >= 0.6 is 22.7 Å². The molecule has 3 heterocycles. The molecule has 2 nitrogen and oxygen atoms in total. The summed E-state index contributed by atoms with van der Waals surface area (Å²) in [6.07, 6.45) is -0.238. The van der Waals surface area contributed by atoms with Crippen molar-refractivity contribution in [3.63, 3.8) is 0 Å². The Balaban J connectivity index is 2.11. The second-order valence-electron chi connectivity index (χ2n) is 3.41. The zero-order valence-electron chi connectivity index (χ0n) is 8.08.